The molecule has 0 saturated heterocycles. The lowest BCUT2D eigenvalue weighted by atomic mass is 10.3. The van der Waals surface area contributed by atoms with Crippen molar-refractivity contribution < 1.29 is 0 Å². The van der Waals surface area contributed by atoms with E-state index in [0.717, 1.165) is 43.6 Å². The molecule has 0 bridgehead atoms. The molecule has 0 spiro atoms. The molecule has 2 rings (SSSR count). The summed E-state index contributed by atoms with van der Waals surface area (Å²) in [5.41, 5.74) is 7.80. The van der Waals surface area contributed by atoms with Crippen molar-refractivity contribution in [2.45, 2.75) is 26.8 Å². The molecule has 0 atom stereocenters. The molecule has 0 radical (unpaired) electrons. The lowest BCUT2D eigenvalue weighted by Crippen LogP contribution is -2.28. The number of hydrogen-bond donors (Lipinski definition) is 1. The van der Waals surface area contributed by atoms with Gasteiger partial charge in [0.2, 0.25) is 5.95 Å². The number of nitrogens with zero attached hydrogens (tertiary/aromatic N) is 3. The first kappa shape index (κ1) is 14.2. The number of imidazole rings is 1. The van der Waals surface area contributed by atoms with Crippen LogP contribution in [0, 0.1) is 0 Å². The van der Waals surface area contributed by atoms with Gasteiger partial charge in [0.05, 0.1) is 16.1 Å². The Morgan fingerprint density at radius 3 is 2.79 bits per heavy atom. The second-order valence-electron chi connectivity index (χ2n) is 4.66. The van der Waals surface area contributed by atoms with Gasteiger partial charge in [0.1, 0.15) is 0 Å². The van der Waals surface area contributed by atoms with Crippen LogP contribution < -0.4 is 5.73 Å². The van der Waals surface area contributed by atoms with Crippen molar-refractivity contribution in [3.63, 3.8) is 0 Å². The normalized spacial score (nSPS) is 11.6. The SMILES string of the molecule is CCCN(CC)CCn1c(N)nc2cccc(Cl)c21. The molecule has 1 aromatic heterocycles. The number of hydrogen-bond acceptors (Lipinski definition) is 3. The van der Waals surface area contributed by atoms with Crippen LogP contribution in [0.1, 0.15) is 20.3 Å². The average molecular weight is 281 g/mol. The van der Waals surface area contributed by atoms with E-state index in [4.69, 9.17) is 17.3 Å². The van der Waals surface area contributed by atoms with E-state index in [2.05, 4.69) is 23.7 Å². The highest BCUT2D eigenvalue weighted by Gasteiger charge is 2.11. The van der Waals surface area contributed by atoms with Gasteiger partial charge in [-0.1, -0.05) is 31.5 Å². The number of anilines is 1. The topological polar surface area (TPSA) is 47.1 Å². The zero-order chi connectivity index (χ0) is 13.8. The predicted octanol–water partition coefficient (Wildman–Crippen LogP) is 3.00. The van der Waals surface area contributed by atoms with Crippen molar-refractivity contribution in [2.24, 2.45) is 0 Å². The summed E-state index contributed by atoms with van der Waals surface area (Å²) in [6.45, 7) is 8.31. The van der Waals surface area contributed by atoms with Crippen molar-refractivity contribution in [3.8, 4) is 0 Å². The molecule has 0 amide bonds. The maximum Gasteiger partial charge on any atom is 0.201 e. The highest BCUT2D eigenvalue weighted by atomic mass is 35.5. The Morgan fingerprint density at radius 2 is 2.11 bits per heavy atom. The Hall–Kier alpha value is -1.26. The van der Waals surface area contributed by atoms with Crippen molar-refractivity contribution in [3.05, 3.63) is 23.2 Å². The summed E-state index contributed by atoms with van der Waals surface area (Å²) in [4.78, 5) is 6.77. The van der Waals surface area contributed by atoms with Gasteiger partial charge in [-0.05, 0) is 31.6 Å². The van der Waals surface area contributed by atoms with Crippen LogP contribution in [0.4, 0.5) is 5.95 Å². The van der Waals surface area contributed by atoms with Gasteiger partial charge in [-0.2, -0.15) is 0 Å². The first-order valence-electron chi connectivity index (χ1n) is 6.80. The van der Waals surface area contributed by atoms with Gasteiger partial charge in [-0.15, -0.1) is 0 Å². The van der Waals surface area contributed by atoms with Gasteiger partial charge < -0.3 is 15.2 Å². The minimum absolute atomic E-state index is 0.538. The van der Waals surface area contributed by atoms with Crippen molar-refractivity contribution in [1.82, 2.24) is 14.5 Å². The quantitative estimate of drug-likeness (QED) is 0.885. The summed E-state index contributed by atoms with van der Waals surface area (Å²) in [6.07, 6.45) is 1.16. The molecular weight excluding hydrogens is 260 g/mol. The van der Waals surface area contributed by atoms with Gasteiger partial charge >= 0.3 is 0 Å². The smallest absolute Gasteiger partial charge is 0.201 e. The Labute approximate surface area is 119 Å². The second kappa shape index (κ2) is 6.26. The number of nitrogens with two attached hydrogens (primary N) is 1. The minimum Gasteiger partial charge on any atom is -0.369 e. The lowest BCUT2D eigenvalue weighted by Gasteiger charge is -2.20. The summed E-state index contributed by atoms with van der Waals surface area (Å²) in [5, 5.41) is 0.709. The standard InChI is InChI=1S/C14H21ClN4/c1-3-8-18(4-2)9-10-19-13-11(15)6-5-7-12(13)17-14(19)16/h5-7H,3-4,8-10H2,1-2H3,(H2,16,17). The lowest BCUT2D eigenvalue weighted by molar-refractivity contribution is 0.278. The number of likely N-dealkylation sites (N-methyl/N-ethyl adjacent to an activating group) is 1. The van der Waals surface area contributed by atoms with Gasteiger partial charge in [-0.3, -0.25) is 0 Å². The Balaban J connectivity index is 2.22. The van der Waals surface area contributed by atoms with E-state index in [-0.39, 0.29) is 0 Å². The van der Waals surface area contributed by atoms with E-state index in [1.54, 1.807) is 0 Å². The number of nitrogen functional groups attached to an aromatic ring is 1. The van der Waals surface area contributed by atoms with Crippen LogP contribution >= 0.6 is 11.6 Å². The maximum atomic E-state index is 6.26. The van der Waals surface area contributed by atoms with Gasteiger partial charge in [0.25, 0.3) is 0 Å². The van der Waals surface area contributed by atoms with Crippen LogP contribution in [0.25, 0.3) is 11.0 Å². The van der Waals surface area contributed by atoms with E-state index in [1.165, 1.54) is 0 Å². The Kier molecular flexibility index (Phi) is 4.66. The van der Waals surface area contributed by atoms with E-state index in [0.29, 0.717) is 11.0 Å². The van der Waals surface area contributed by atoms with E-state index < -0.39 is 0 Å². The number of fused-ring (bicyclic) bond motifs is 1. The van der Waals surface area contributed by atoms with Crippen molar-refractivity contribution in [2.75, 3.05) is 25.4 Å². The minimum atomic E-state index is 0.538. The fraction of sp³-hybridized carbons (Fsp3) is 0.500. The van der Waals surface area contributed by atoms with Crippen molar-refractivity contribution >= 4 is 28.6 Å². The molecule has 2 aromatic rings. The molecule has 1 aromatic carbocycles. The number of aromatic nitrogens is 2. The second-order valence-corrected chi connectivity index (χ2v) is 5.07. The number of para-hydroxylation sites is 1. The third-order valence-corrected chi connectivity index (χ3v) is 3.68. The van der Waals surface area contributed by atoms with Crippen LogP contribution in [0.3, 0.4) is 0 Å². The molecule has 0 unspecified atom stereocenters. The third kappa shape index (κ3) is 3.01. The van der Waals surface area contributed by atoms with E-state index >= 15 is 0 Å². The highest BCUT2D eigenvalue weighted by Crippen LogP contribution is 2.25. The fourth-order valence-electron chi connectivity index (χ4n) is 2.37. The molecule has 4 nitrogen and oxygen atoms in total. The number of halogens is 1. The highest BCUT2D eigenvalue weighted by molar-refractivity contribution is 6.35. The molecule has 19 heavy (non-hydrogen) atoms. The summed E-state index contributed by atoms with van der Waals surface area (Å²) in [5.74, 6) is 0.538. The van der Waals surface area contributed by atoms with E-state index in [9.17, 15) is 0 Å². The van der Waals surface area contributed by atoms with Gasteiger partial charge in [-0.25, -0.2) is 4.98 Å². The van der Waals surface area contributed by atoms with Crippen LogP contribution in [-0.2, 0) is 6.54 Å². The number of rotatable bonds is 6. The molecule has 0 aliphatic heterocycles. The van der Waals surface area contributed by atoms with Crippen LogP contribution in [-0.4, -0.2) is 34.1 Å². The first-order valence-corrected chi connectivity index (χ1v) is 7.17. The Morgan fingerprint density at radius 1 is 1.32 bits per heavy atom. The van der Waals surface area contributed by atoms with Crippen molar-refractivity contribution in [1.29, 1.82) is 0 Å². The summed E-state index contributed by atoms with van der Waals surface area (Å²) in [6, 6.07) is 5.72. The molecule has 2 N–H and O–H groups in total. The summed E-state index contributed by atoms with van der Waals surface area (Å²) < 4.78 is 2.01. The predicted molar refractivity (Wildman–Crippen MR) is 81.6 cm³/mol. The molecule has 0 fully saturated rings. The molecule has 1 heterocycles. The summed E-state index contributed by atoms with van der Waals surface area (Å²) >= 11 is 6.26. The Bertz CT molecular complexity index is 550. The molecule has 0 aliphatic rings. The zero-order valence-electron chi connectivity index (χ0n) is 11.6. The van der Waals surface area contributed by atoms with E-state index in [1.807, 2.05) is 22.8 Å². The summed E-state index contributed by atoms with van der Waals surface area (Å²) in [7, 11) is 0. The molecule has 0 saturated carbocycles. The maximum absolute atomic E-state index is 6.26. The average Bonchev–Trinajstić information content (AvgIpc) is 2.72. The fourth-order valence-corrected chi connectivity index (χ4v) is 2.64. The molecule has 0 aliphatic carbocycles. The monoisotopic (exact) mass is 280 g/mol. The van der Waals surface area contributed by atoms with Crippen LogP contribution in [0.2, 0.25) is 5.02 Å². The molecule has 5 heteroatoms. The van der Waals surface area contributed by atoms with Crippen LogP contribution in [0.5, 0.6) is 0 Å². The third-order valence-electron chi connectivity index (χ3n) is 3.37. The van der Waals surface area contributed by atoms with Gasteiger partial charge in [0, 0.05) is 13.1 Å². The largest absolute Gasteiger partial charge is 0.369 e. The molecular formula is C14H21ClN4. The van der Waals surface area contributed by atoms with Crippen LogP contribution in [0.15, 0.2) is 18.2 Å². The zero-order valence-corrected chi connectivity index (χ0v) is 12.3. The number of benzene rings is 1. The molecule has 104 valence electrons. The van der Waals surface area contributed by atoms with Gasteiger partial charge in [0.15, 0.2) is 0 Å². The first-order chi connectivity index (χ1) is 9.17.